The van der Waals surface area contributed by atoms with Gasteiger partial charge in [0, 0.05) is 0 Å². The van der Waals surface area contributed by atoms with E-state index in [1.807, 2.05) is 12.1 Å². The predicted octanol–water partition coefficient (Wildman–Crippen LogP) is 4.14. The lowest BCUT2D eigenvalue weighted by molar-refractivity contribution is -0.123. The van der Waals surface area contributed by atoms with Crippen LogP contribution in [0.1, 0.15) is 26.3 Å². The third kappa shape index (κ3) is 4.22. The van der Waals surface area contributed by atoms with Crippen molar-refractivity contribution in [3.8, 4) is 5.75 Å². The second-order valence-electron chi connectivity index (χ2n) is 7.37. The fourth-order valence-corrected chi connectivity index (χ4v) is 2.98. The lowest BCUT2D eigenvalue weighted by atomic mass is 9.86. The third-order valence-corrected chi connectivity index (χ3v) is 4.59. The highest BCUT2D eigenvalue weighted by Crippen LogP contribution is 2.36. The standard InChI is InChI=1S/C20H20ClFN2O3/c1-20(2,3)12-4-7-16-17(8-12)27-11-19(26)24(16)10-18(25)23-15-6-5-13(22)9-14(15)21/h4-9H,10-11H2,1-3H3,(H,23,25). The Labute approximate surface area is 162 Å². The van der Waals surface area contributed by atoms with Crippen molar-refractivity contribution in [2.75, 3.05) is 23.4 Å². The molecule has 0 unspecified atom stereocenters. The van der Waals surface area contributed by atoms with Crippen LogP contribution in [0, 0.1) is 5.82 Å². The number of benzene rings is 2. The van der Waals surface area contributed by atoms with Crippen LogP contribution in [0.4, 0.5) is 15.8 Å². The average Bonchev–Trinajstić information content (AvgIpc) is 2.59. The van der Waals surface area contributed by atoms with E-state index in [4.69, 9.17) is 16.3 Å². The number of anilines is 2. The summed E-state index contributed by atoms with van der Waals surface area (Å²) in [6, 6.07) is 9.28. The molecule has 0 radical (unpaired) electrons. The smallest absolute Gasteiger partial charge is 0.265 e. The number of fused-ring (bicyclic) bond motifs is 1. The van der Waals surface area contributed by atoms with Crippen LogP contribution in [0.3, 0.4) is 0 Å². The summed E-state index contributed by atoms with van der Waals surface area (Å²) >= 11 is 5.93. The first-order chi connectivity index (χ1) is 12.6. The van der Waals surface area contributed by atoms with E-state index in [0.717, 1.165) is 11.6 Å². The highest BCUT2D eigenvalue weighted by molar-refractivity contribution is 6.33. The minimum atomic E-state index is -0.495. The van der Waals surface area contributed by atoms with Crippen LogP contribution in [0.15, 0.2) is 36.4 Å². The normalized spacial score (nSPS) is 13.8. The van der Waals surface area contributed by atoms with Gasteiger partial charge < -0.3 is 10.1 Å². The van der Waals surface area contributed by atoms with Crippen molar-refractivity contribution in [1.82, 2.24) is 0 Å². The lowest BCUT2D eigenvalue weighted by Crippen LogP contribution is -2.43. The summed E-state index contributed by atoms with van der Waals surface area (Å²) < 4.78 is 18.7. The van der Waals surface area contributed by atoms with Gasteiger partial charge in [0.1, 0.15) is 18.1 Å². The fourth-order valence-electron chi connectivity index (χ4n) is 2.77. The number of carbonyl (C=O) groups is 2. The Balaban J connectivity index is 1.80. The predicted molar refractivity (Wildman–Crippen MR) is 103 cm³/mol. The Bertz CT molecular complexity index is 909. The maximum atomic E-state index is 13.1. The second-order valence-corrected chi connectivity index (χ2v) is 7.78. The van der Waals surface area contributed by atoms with Crippen molar-refractivity contribution < 1.29 is 18.7 Å². The Morgan fingerprint density at radius 3 is 2.67 bits per heavy atom. The van der Waals surface area contributed by atoms with Crippen LogP contribution in [-0.4, -0.2) is 25.0 Å². The molecule has 0 saturated heterocycles. The van der Waals surface area contributed by atoms with Crippen molar-refractivity contribution in [3.05, 3.63) is 52.8 Å². The summed E-state index contributed by atoms with van der Waals surface area (Å²) in [5.41, 5.74) is 1.83. The van der Waals surface area contributed by atoms with E-state index in [0.29, 0.717) is 11.4 Å². The first-order valence-corrected chi connectivity index (χ1v) is 8.85. The molecule has 0 saturated carbocycles. The van der Waals surface area contributed by atoms with Crippen LogP contribution in [0.5, 0.6) is 5.75 Å². The van der Waals surface area contributed by atoms with Gasteiger partial charge in [0.25, 0.3) is 5.91 Å². The second kappa shape index (κ2) is 7.19. The number of nitrogens with one attached hydrogen (secondary N) is 1. The zero-order valence-electron chi connectivity index (χ0n) is 15.3. The van der Waals surface area contributed by atoms with Crippen molar-refractivity contribution in [3.63, 3.8) is 0 Å². The summed E-state index contributed by atoms with van der Waals surface area (Å²) in [6.45, 7) is 5.92. The number of carbonyl (C=O) groups excluding carboxylic acids is 2. The van der Waals surface area contributed by atoms with Gasteiger partial charge in [-0.25, -0.2) is 4.39 Å². The number of hydrogen-bond acceptors (Lipinski definition) is 3. The molecule has 2 amide bonds. The molecule has 1 N–H and O–H groups in total. The van der Waals surface area contributed by atoms with Gasteiger partial charge in [0.15, 0.2) is 6.61 Å². The van der Waals surface area contributed by atoms with Crippen LogP contribution >= 0.6 is 11.6 Å². The summed E-state index contributed by atoms with van der Waals surface area (Å²) in [4.78, 5) is 26.1. The first kappa shape index (κ1) is 19.2. The van der Waals surface area contributed by atoms with Gasteiger partial charge in [0.05, 0.1) is 16.4 Å². The topological polar surface area (TPSA) is 58.6 Å². The molecule has 0 aliphatic carbocycles. The highest BCUT2D eigenvalue weighted by Gasteiger charge is 2.29. The van der Waals surface area contributed by atoms with Gasteiger partial charge in [-0.05, 0) is 41.3 Å². The summed E-state index contributed by atoms with van der Waals surface area (Å²) in [5.74, 6) is -0.685. The van der Waals surface area contributed by atoms with E-state index in [1.165, 1.54) is 17.0 Å². The molecule has 0 fully saturated rings. The minimum absolute atomic E-state index is 0.0681. The summed E-state index contributed by atoms with van der Waals surface area (Å²) in [6.07, 6.45) is 0. The molecule has 7 heteroatoms. The zero-order valence-corrected chi connectivity index (χ0v) is 16.1. The Morgan fingerprint density at radius 1 is 1.26 bits per heavy atom. The molecule has 0 spiro atoms. The molecule has 0 aromatic heterocycles. The van der Waals surface area contributed by atoms with E-state index in [1.54, 1.807) is 6.07 Å². The monoisotopic (exact) mass is 390 g/mol. The van der Waals surface area contributed by atoms with Gasteiger partial charge in [-0.2, -0.15) is 0 Å². The maximum absolute atomic E-state index is 13.1. The van der Waals surface area contributed by atoms with Gasteiger partial charge in [0.2, 0.25) is 5.91 Å². The molecule has 0 atom stereocenters. The van der Waals surface area contributed by atoms with Crippen molar-refractivity contribution in [2.45, 2.75) is 26.2 Å². The molecule has 0 bridgehead atoms. The molecule has 2 aromatic carbocycles. The molecule has 1 aliphatic rings. The van der Waals surface area contributed by atoms with Crippen LogP contribution in [0.25, 0.3) is 0 Å². The van der Waals surface area contributed by atoms with Gasteiger partial charge in [-0.15, -0.1) is 0 Å². The van der Waals surface area contributed by atoms with Gasteiger partial charge in [-0.1, -0.05) is 38.4 Å². The number of amides is 2. The number of halogens is 2. The van der Waals surface area contributed by atoms with E-state index in [9.17, 15) is 14.0 Å². The van der Waals surface area contributed by atoms with Gasteiger partial charge in [-0.3, -0.25) is 14.5 Å². The molecular formula is C20H20ClFN2O3. The van der Waals surface area contributed by atoms with Gasteiger partial charge >= 0.3 is 0 Å². The van der Waals surface area contributed by atoms with Crippen LogP contribution in [-0.2, 0) is 15.0 Å². The largest absolute Gasteiger partial charge is 0.482 e. The minimum Gasteiger partial charge on any atom is -0.482 e. The summed E-state index contributed by atoms with van der Waals surface area (Å²) in [5, 5.41) is 2.69. The van der Waals surface area contributed by atoms with E-state index >= 15 is 0 Å². The van der Waals surface area contributed by atoms with E-state index in [2.05, 4.69) is 26.1 Å². The van der Waals surface area contributed by atoms with Crippen molar-refractivity contribution in [2.24, 2.45) is 0 Å². The van der Waals surface area contributed by atoms with Crippen molar-refractivity contribution >= 4 is 34.8 Å². The molecule has 142 valence electrons. The molecule has 5 nitrogen and oxygen atoms in total. The highest BCUT2D eigenvalue weighted by atomic mass is 35.5. The number of nitrogens with zero attached hydrogens (tertiary/aromatic N) is 1. The quantitative estimate of drug-likeness (QED) is 0.856. The Morgan fingerprint density at radius 2 is 2.00 bits per heavy atom. The maximum Gasteiger partial charge on any atom is 0.265 e. The molecule has 1 heterocycles. The molecular weight excluding hydrogens is 371 g/mol. The van der Waals surface area contributed by atoms with Crippen LogP contribution < -0.4 is 15.0 Å². The first-order valence-electron chi connectivity index (χ1n) is 8.48. The lowest BCUT2D eigenvalue weighted by Gasteiger charge is -2.30. The summed E-state index contributed by atoms with van der Waals surface area (Å²) in [7, 11) is 0. The van der Waals surface area contributed by atoms with Crippen LogP contribution in [0.2, 0.25) is 5.02 Å². The molecule has 3 rings (SSSR count). The zero-order chi connectivity index (χ0) is 19.8. The SMILES string of the molecule is CC(C)(C)c1ccc2c(c1)OCC(=O)N2CC(=O)Nc1ccc(F)cc1Cl. The van der Waals surface area contributed by atoms with E-state index < -0.39 is 11.7 Å². The Kier molecular flexibility index (Phi) is 5.11. The third-order valence-electron chi connectivity index (χ3n) is 4.28. The van der Waals surface area contributed by atoms with E-state index in [-0.39, 0.29) is 35.2 Å². The molecule has 27 heavy (non-hydrogen) atoms. The van der Waals surface area contributed by atoms with Crippen molar-refractivity contribution in [1.29, 1.82) is 0 Å². The number of ether oxygens (including phenoxy) is 1. The number of rotatable bonds is 3. The Hall–Kier alpha value is -2.60. The molecule has 1 aliphatic heterocycles. The number of hydrogen-bond donors (Lipinski definition) is 1. The fraction of sp³-hybridized carbons (Fsp3) is 0.300. The molecule has 2 aromatic rings. The average molecular weight is 391 g/mol.